The van der Waals surface area contributed by atoms with Crippen LogP contribution in [-0.2, 0) is 4.79 Å². The van der Waals surface area contributed by atoms with Gasteiger partial charge in [-0.15, -0.1) is 11.8 Å². The average molecular weight is 303 g/mol. The summed E-state index contributed by atoms with van der Waals surface area (Å²) in [4.78, 5) is 15.7. The van der Waals surface area contributed by atoms with Gasteiger partial charge in [-0.05, 0) is 28.1 Å². The van der Waals surface area contributed by atoms with Gasteiger partial charge in [-0.3, -0.25) is 4.79 Å². The highest BCUT2D eigenvalue weighted by Gasteiger charge is 2.13. The smallest absolute Gasteiger partial charge is 0.235 e. The van der Waals surface area contributed by atoms with Gasteiger partial charge in [0.05, 0.1) is 5.75 Å². The topological polar surface area (TPSA) is 42.0 Å². The van der Waals surface area contributed by atoms with Crippen LogP contribution in [0.3, 0.4) is 0 Å². The molecule has 5 heteroatoms. The zero-order valence-corrected chi connectivity index (χ0v) is 12.0. The number of nitrogens with zero attached hydrogens (tertiary/aromatic N) is 1. The Labute approximate surface area is 109 Å². The lowest BCUT2D eigenvalue weighted by Gasteiger charge is -2.16. The van der Waals surface area contributed by atoms with Gasteiger partial charge in [0.25, 0.3) is 0 Å². The molecule has 1 aromatic heterocycles. The van der Waals surface area contributed by atoms with Gasteiger partial charge < -0.3 is 5.32 Å². The summed E-state index contributed by atoms with van der Waals surface area (Å²) in [5.74, 6) is 0.997. The number of hydrogen-bond donors (Lipinski definition) is 1. The van der Waals surface area contributed by atoms with Crippen LogP contribution >= 0.6 is 27.7 Å². The maximum Gasteiger partial charge on any atom is 0.235 e. The maximum absolute atomic E-state index is 11.6. The molecule has 0 fully saturated rings. The number of amides is 1. The fourth-order valence-corrected chi connectivity index (χ4v) is 1.92. The first kappa shape index (κ1) is 13.5. The van der Waals surface area contributed by atoms with Gasteiger partial charge in [-0.2, -0.15) is 0 Å². The van der Waals surface area contributed by atoms with Crippen LogP contribution in [0.5, 0.6) is 0 Å². The molecule has 88 valence electrons. The van der Waals surface area contributed by atoms with E-state index >= 15 is 0 Å². The SMILES string of the molecule is CC(C)(C)SCC(=O)Nc1cccc(Br)n1. The largest absolute Gasteiger partial charge is 0.310 e. The number of rotatable bonds is 3. The van der Waals surface area contributed by atoms with E-state index in [1.165, 1.54) is 0 Å². The van der Waals surface area contributed by atoms with Crippen LogP contribution in [0.1, 0.15) is 20.8 Å². The number of pyridine rings is 1. The third kappa shape index (κ3) is 5.51. The first-order chi connectivity index (χ1) is 7.37. The van der Waals surface area contributed by atoms with Crippen LogP contribution in [-0.4, -0.2) is 21.4 Å². The van der Waals surface area contributed by atoms with Crippen molar-refractivity contribution in [3.63, 3.8) is 0 Å². The van der Waals surface area contributed by atoms with Gasteiger partial charge in [-0.25, -0.2) is 4.98 Å². The second kappa shape index (κ2) is 5.68. The van der Waals surface area contributed by atoms with Crippen LogP contribution in [0.2, 0.25) is 0 Å². The van der Waals surface area contributed by atoms with E-state index in [-0.39, 0.29) is 10.7 Å². The Hall–Kier alpha value is -0.550. The highest BCUT2D eigenvalue weighted by molar-refractivity contribution is 9.10. The Morgan fingerprint density at radius 3 is 2.75 bits per heavy atom. The van der Waals surface area contributed by atoms with Crippen molar-refractivity contribution in [2.45, 2.75) is 25.5 Å². The van der Waals surface area contributed by atoms with Gasteiger partial charge in [0.1, 0.15) is 10.4 Å². The van der Waals surface area contributed by atoms with Crippen molar-refractivity contribution in [1.82, 2.24) is 4.98 Å². The van der Waals surface area contributed by atoms with Crippen molar-refractivity contribution in [3.05, 3.63) is 22.8 Å². The number of nitrogens with one attached hydrogen (secondary N) is 1. The lowest BCUT2D eigenvalue weighted by atomic mass is 10.3. The molecule has 1 aromatic rings. The summed E-state index contributed by atoms with van der Waals surface area (Å²) in [5, 5.41) is 2.75. The van der Waals surface area contributed by atoms with Crippen LogP contribution in [0.15, 0.2) is 22.8 Å². The normalized spacial score (nSPS) is 11.2. The number of carbonyl (C=O) groups excluding carboxylic acids is 1. The lowest BCUT2D eigenvalue weighted by Crippen LogP contribution is -2.19. The van der Waals surface area contributed by atoms with E-state index in [1.54, 1.807) is 17.8 Å². The van der Waals surface area contributed by atoms with E-state index in [0.29, 0.717) is 16.2 Å². The Morgan fingerprint density at radius 2 is 2.19 bits per heavy atom. The number of hydrogen-bond acceptors (Lipinski definition) is 3. The molecule has 0 unspecified atom stereocenters. The van der Waals surface area contributed by atoms with Gasteiger partial charge >= 0.3 is 0 Å². The van der Waals surface area contributed by atoms with Crippen molar-refractivity contribution in [2.75, 3.05) is 11.1 Å². The van der Waals surface area contributed by atoms with Crippen LogP contribution in [0.25, 0.3) is 0 Å². The molecule has 0 aromatic carbocycles. The molecule has 0 atom stereocenters. The highest BCUT2D eigenvalue weighted by atomic mass is 79.9. The summed E-state index contributed by atoms with van der Waals surface area (Å²) in [5.41, 5.74) is 0. The number of aromatic nitrogens is 1. The molecule has 0 radical (unpaired) electrons. The average Bonchev–Trinajstić information content (AvgIpc) is 2.14. The minimum atomic E-state index is -0.0227. The van der Waals surface area contributed by atoms with E-state index in [2.05, 4.69) is 47.0 Å². The molecule has 0 saturated heterocycles. The number of anilines is 1. The quantitative estimate of drug-likeness (QED) is 0.871. The summed E-state index contributed by atoms with van der Waals surface area (Å²) in [6.45, 7) is 6.26. The van der Waals surface area contributed by atoms with E-state index in [0.717, 1.165) is 0 Å². The molecule has 1 heterocycles. The van der Waals surface area contributed by atoms with Gasteiger partial charge in [0, 0.05) is 4.75 Å². The summed E-state index contributed by atoms with van der Waals surface area (Å²) in [6, 6.07) is 5.42. The molecule has 0 spiro atoms. The second-order valence-corrected chi connectivity index (χ2v) is 6.91. The van der Waals surface area contributed by atoms with Crippen molar-refractivity contribution in [2.24, 2.45) is 0 Å². The zero-order valence-electron chi connectivity index (χ0n) is 9.58. The lowest BCUT2D eigenvalue weighted by molar-refractivity contribution is -0.113. The molecule has 0 saturated carbocycles. The molecule has 0 aliphatic carbocycles. The monoisotopic (exact) mass is 302 g/mol. The van der Waals surface area contributed by atoms with E-state index < -0.39 is 0 Å². The second-order valence-electron chi connectivity index (χ2n) is 4.29. The molecule has 0 aliphatic heterocycles. The van der Waals surface area contributed by atoms with E-state index in [1.807, 2.05) is 12.1 Å². The highest BCUT2D eigenvalue weighted by Crippen LogP contribution is 2.22. The van der Waals surface area contributed by atoms with Gasteiger partial charge in [-0.1, -0.05) is 26.8 Å². The molecule has 0 aliphatic rings. The number of carbonyl (C=O) groups is 1. The maximum atomic E-state index is 11.6. The summed E-state index contributed by atoms with van der Waals surface area (Å²) in [6.07, 6.45) is 0. The van der Waals surface area contributed by atoms with Crippen molar-refractivity contribution >= 4 is 39.4 Å². The molecule has 1 N–H and O–H groups in total. The van der Waals surface area contributed by atoms with Crippen LogP contribution < -0.4 is 5.32 Å². The van der Waals surface area contributed by atoms with Crippen molar-refractivity contribution in [1.29, 1.82) is 0 Å². The predicted molar refractivity (Wildman–Crippen MR) is 72.8 cm³/mol. The zero-order chi connectivity index (χ0) is 12.2. The molecular weight excluding hydrogens is 288 g/mol. The Balaban J connectivity index is 2.46. The summed E-state index contributed by atoms with van der Waals surface area (Å²) in [7, 11) is 0. The molecule has 0 bridgehead atoms. The van der Waals surface area contributed by atoms with Crippen molar-refractivity contribution in [3.8, 4) is 0 Å². The van der Waals surface area contributed by atoms with Crippen LogP contribution in [0, 0.1) is 0 Å². The molecular formula is C11H15BrN2OS. The Bertz CT molecular complexity index is 376. The first-order valence-corrected chi connectivity index (χ1v) is 6.71. The van der Waals surface area contributed by atoms with E-state index in [4.69, 9.17) is 0 Å². The van der Waals surface area contributed by atoms with E-state index in [9.17, 15) is 4.79 Å². The molecule has 3 nitrogen and oxygen atoms in total. The third-order valence-corrected chi connectivity index (χ3v) is 3.33. The van der Waals surface area contributed by atoms with Crippen molar-refractivity contribution < 1.29 is 4.79 Å². The third-order valence-electron chi connectivity index (χ3n) is 1.62. The first-order valence-electron chi connectivity index (χ1n) is 4.93. The van der Waals surface area contributed by atoms with Crippen LogP contribution in [0.4, 0.5) is 5.82 Å². The minimum Gasteiger partial charge on any atom is -0.310 e. The molecule has 1 amide bonds. The Kier molecular flexibility index (Phi) is 4.80. The standard InChI is InChI=1S/C11H15BrN2OS/c1-11(2,3)16-7-10(15)14-9-6-4-5-8(12)13-9/h4-6H,7H2,1-3H3,(H,13,14,15). The number of thioether (sulfide) groups is 1. The molecule has 16 heavy (non-hydrogen) atoms. The fraction of sp³-hybridized carbons (Fsp3) is 0.455. The minimum absolute atomic E-state index is 0.0227. The fourth-order valence-electron chi connectivity index (χ4n) is 0.939. The summed E-state index contributed by atoms with van der Waals surface area (Å²) >= 11 is 4.87. The predicted octanol–water partition coefficient (Wildman–Crippen LogP) is 3.31. The Morgan fingerprint density at radius 1 is 1.50 bits per heavy atom. The van der Waals surface area contributed by atoms with Gasteiger partial charge in [0.2, 0.25) is 5.91 Å². The molecule has 1 rings (SSSR count). The number of halogens is 1. The van der Waals surface area contributed by atoms with Gasteiger partial charge in [0.15, 0.2) is 0 Å². The summed E-state index contributed by atoms with van der Waals surface area (Å²) < 4.78 is 0.816.